The number of hydrogen-bond acceptors (Lipinski definition) is 3. The fourth-order valence-electron chi connectivity index (χ4n) is 2.63. The molecule has 1 aromatic rings. The Morgan fingerprint density at radius 1 is 1.38 bits per heavy atom. The second-order valence-corrected chi connectivity index (χ2v) is 5.47. The van der Waals surface area contributed by atoms with E-state index in [1.54, 1.807) is 24.3 Å². The molecular weight excluding hydrogens is 266 g/mol. The van der Waals surface area contributed by atoms with E-state index < -0.39 is 0 Å². The zero-order valence-electron chi connectivity index (χ0n) is 12.7. The van der Waals surface area contributed by atoms with E-state index in [2.05, 4.69) is 22.5 Å². The van der Waals surface area contributed by atoms with E-state index in [4.69, 9.17) is 0 Å². The Labute approximate surface area is 125 Å². The van der Waals surface area contributed by atoms with Crippen LogP contribution in [0.4, 0.5) is 10.5 Å². The van der Waals surface area contributed by atoms with Gasteiger partial charge in [0.2, 0.25) is 0 Å². The van der Waals surface area contributed by atoms with Crippen molar-refractivity contribution in [1.29, 1.82) is 0 Å². The number of ketones is 1. The van der Waals surface area contributed by atoms with Crippen molar-refractivity contribution in [1.82, 2.24) is 10.2 Å². The van der Waals surface area contributed by atoms with Gasteiger partial charge >= 0.3 is 6.03 Å². The molecule has 2 N–H and O–H groups in total. The molecule has 5 heteroatoms. The first-order chi connectivity index (χ1) is 10.1. The maximum Gasteiger partial charge on any atom is 0.319 e. The lowest BCUT2D eigenvalue weighted by Crippen LogP contribution is -2.48. The van der Waals surface area contributed by atoms with Gasteiger partial charge in [-0.25, -0.2) is 4.79 Å². The van der Waals surface area contributed by atoms with Crippen LogP contribution in [0.5, 0.6) is 0 Å². The van der Waals surface area contributed by atoms with Gasteiger partial charge in [-0.1, -0.05) is 19.1 Å². The number of benzene rings is 1. The van der Waals surface area contributed by atoms with Crippen molar-refractivity contribution in [3.63, 3.8) is 0 Å². The number of urea groups is 1. The molecule has 0 radical (unpaired) electrons. The van der Waals surface area contributed by atoms with Crippen LogP contribution in [-0.4, -0.2) is 42.4 Å². The summed E-state index contributed by atoms with van der Waals surface area (Å²) in [5, 5.41) is 5.80. The minimum Gasteiger partial charge on any atom is -0.334 e. The lowest BCUT2D eigenvalue weighted by Gasteiger charge is -2.32. The molecule has 21 heavy (non-hydrogen) atoms. The predicted octanol–water partition coefficient (Wildman–Crippen LogP) is 2.50. The smallest absolute Gasteiger partial charge is 0.319 e. The van der Waals surface area contributed by atoms with Crippen LogP contribution in [0.3, 0.4) is 0 Å². The molecule has 1 heterocycles. The van der Waals surface area contributed by atoms with Gasteiger partial charge in [-0.05, 0) is 45.0 Å². The zero-order valence-corrected chi connectivity index (χ0v) is 12.7. The van der Waals surface area contributed by atoms with E-state index in [0.717, 1.165) is 32.5 Å². The molecule has 1 aromatic carbocycles. The molecule has 1 fully saturated rings. The Morgan fingerprint density at radius 3 is 2.90 bits per heavy atom. The fourth-order valence-corrected chi connectivity index (χ4v) is 2.63. The van der Waals surface area contributed by atoms with Crippen LogP contribution in [0.25, 0.3) is 0 Å². The van der Waals surface area contributed by atoms with E-state index in [0.29, 0.717) is 11.3 Å². The van der Waals surface area contributed by atoms with Gasteiger partial charge in [0.25, 0.3) is 0 Å². The summed E-state index contributed by atoms with van der Waals surface area (Å²) in [5.41, 5.74) is 1.24. The average molecular weight is 289 g/mol. The number of Topliss-reactive ketones (excluding diaryl/α,β-unsaturated/α-hetero) is 1. The van der Waals surface area contributed by atoms with Crippen molar-refractivity contribution in [2.75, 3.05) is 25.0 Å². The van der Waals surface area contributed by atoms with Crippen LogP contribution in [0, 0.1) is 0 Å². The number of likely N-dealkylation sites (N-methyl/N-ethyl adjacent to an activating group) is 1. The summed E-state index contributed by atoms with van der Waals surface area (Å²) < 4.78 is 0. The average Bonchev–Trinajstić information content (AvgIpc) is 2.47. The third-order valence-corrected chi connectivity index (χ3v) is 3.81. The number of anilines is 1. The Morgan fingerprint density at radius 2 is 2.19 bits per heavy atom. The van der Waals surface area contributed by atoms with E-state index in [-0.39, 0.29) is 17.9 Å². The molecule has 0 aliphatic carbocycles. The minimum absolute atomic E-state index is 0.00933. The van der Waals surface area contributed by atoms with Crippen molar-refractivity contribution in [3.05, 3.63) is 29.8 Å². The monoisotopic (exact) mass is 289 g/mol. The largest absolute Gasteiger partial charge is 0.334 e. The normalized spacial score (nSPS) is 19.0. The Hall–Kier alpha value is -1.88. The van der Waals surface area contributed by atoms with E-state index in [9.17, 15) is 9.59 Å². The number of hydrogen-bond donors (Lipinski definition) is 2. The van der Waals surface area contributed by atoms with E-state index in [1.807, 2.05) is 0 Å². The number of carbonyl (C=O) groups is 2. The van der Waals surface area contributed by atoms with Gasteiger partial charge < -0.3 is 15.5 Å². The third-order valence-electron chi connectivity index (χ3n) is 3.81. The molecule has 2 rings (SSSR count). The quantitative estimate of drug-likeness (QED) is 0.837. The Kier molecular flexibility index (Phi) is 5.33. The molecule has 0 bridgehead atoms. The van der Waals surface area contributed by atoms with Crippen molar-refractivity contribution >= 4 is 17.5 Å². The summed E-state index contributed by atoms with van der Waals surface area (Å²) in [7, 11) is 0. The maximum atomic E-state index is 12.0. The van der Waals surface area contributed by atoms with Gasteiger partial charge in [0.05, 0.1) is 0 Å². The second kappa shape index (κ2) is 7.22. The number of piperidine rings is 1. The minimum atomic E-state index is -0.210. The van der Waals surface area contributed by atoms with Crippen LogP contribution in [-0.2, 0) is 0 Å². The molecule has 1 aliphatic heterocycles. The summed E-state index contributed by atoms with van der Waals surface area (Å²) in [5.74, 6) is -0.00933. The zero-order chi connectivity index (χ0) is 15.2. The van der Waals surface area contributed by atoms with Crippen molar-refractivity contribution in [2.24, 2.45) is 0 Å². The summed E-state index contributed by atoms with van der Waals surface area (Å²) in [6.07, 6.45) is 2.12. The molecule has 0 aromatic heterocycles. The summed E-state index contributed by atoms with van der Waals surface area (Å²) in [4.78, 5) is 25.7. The van der Waals surface area contributed by atoms with E-state index in [1.165, 1.54) is 6.92 Å². The lowest BCUT2D eigenvalue weighted by atomic mass is 10.1. The third kappa shape index (κ3) is 4.56. The summed E-state index contributed by atoms with van der Waals surface area (Å²) >= 11 is 0. The highest BCUT2D eigenvalue weighted by atomic mass is 16.2. The van der Waals surface area contributed by atoms with Crippen molar-refractivity contribution in [2.45, 2.75) is 32.7 Å². The second-order valence-electron chi connectivity index (χ2n) is 5.47. The van der Waals surface area contributed by atoms with Crippen LogP contribution < -0.4 is 10.6 Å². The van der Waals surface area contributed by atoms with Crippen LogP contribution in [0.2, 0.25) is 0 Å². The number of rotatable bonds is 4. The maximum absolute atomic E-state index is 12.0. The standard InChI is InChI=1S/C16H23N3O2/c1-3-19-9-5-8-15(11-19)18-16(21)17-14-7-4-6-13(10-14)12(2)20/h4,6-7,10,15H,3,5,8-9,11H2,1-2H3,(H2,17,18,21). The highest BCUT2D eigenvalue weighted by Gasteiger charge is 2.20. The van der Waals surface area contributed by atoms with Crippen molar-refractivity contribution < 1.29 is 9.59 Å². The van der Waals surface area contributed by atoms with Crippen LogP contribution in [0.1, 0.15) is 37.0 Å². The first-order valence-corrected chi connectivity index (χ1v) is 7.49. The molecular formula is C16H23N3O2. The van der Waals surface area contributed by atoms with Gasteiger partial charge in [-0.15, -0.1) is 0 Å². The van der Waals surface area contributed by atoms with Gasteiger partial charge in [-0.2, -0.15) is 0 Å². The molecule has 0 saturated carbocycles. The molecule has 1 saturated heterocycles. The number of likely N-dealkylation sites (tertiary alicyclic amines) is 1. The van der Waals surface area contributed by atoms with Gasteiger partial charge in [0.1, 0.15) is 0 Å². The summed E-state index contributed by atoms with van der Waals surface area (Å²) in [6.45, 7) is 6.67. The number of amides is 2. The first kappa shape index (κ1) is 15.5. The number of nitrogens with one attached hydrogen (secondary N) is 2. The Bertz CT molecular complexity index is 516. The molecule has 0 spiro atoms. The lowest BCUT2D eigenvalue weighted by molar-refractivity contribution is 0.101. The highest BCUT2D eigenvalue weighted by molar-refractivity contribution is 5.96. The topological polar surface area (TPSA) is 61.4 Å². The number of nitrogens with zero attached hydrogens (tertiary/aromatic N) is 1. The van der Waals surface area contributed by atoms with Crippen LogP contribution >= 0.6 is 0 Å². The molecule has 5 nitrogen and oxygen atoms in total. The summed E-state index contributed by atoms with van der Waals surface area (Å²) in [6, 6.07) is 6.97. The highest BCUT2D eigenvalue weighted by Crippen LogP contribution is 2.12. The molecule has 1 atom stereocenters. The molecule has 114 valence electrons. The fraction of sp³-hybridized carbons (Fsp3) is 0.500. The number of carbonyl (C=O) groups excluding carboxylic acids is 2. The van der Waals surface area contributed by atoms with Crippen molar-refractivity contribution in [3.8, 4) is 0 Å². The van der Waals surface area contributed by atoms with Gasteiger partial charge in [0, 0.05) is 23.8 Å². The van der Waals surface area contributed by atoms with Gasteiger partial charge in [0.15, 0.2) is 5.78 Å². The van der Waals surface area contributed by atoms with Crippen LogP contribution in [0.15, 0.2) is 24.3 Å². The predicted molar refractivity (Wildman–Crippen MR) is 83.7 cm³/mol. The molecule has 2 amide bonds. The first-order valence-electron chi connectivity index (χ1n) is 7.49. The SMILES string of the molecule is CCN1CCCC(NC(=O)Nc2cccc(C(C)=O)c2)C1. The molecule has 1 aliphatic rings. The Balaban J connectivity index is 1.89. The van der Waals surface area contributed by atoms with E-state index >= 15 is 0 Å². The van der Waals surface area contributed by atoms with Gasteiger partial charge in [-0.3, -0.25) is 4.79 Å². The molecule has 1 unspecified atom stereocenters.